The van der Waals surface area contributed by atoms with Crippen molar-refractivity contribution < 1.29 is 0 Å². The maximum Gasteiger partial charge on any atom is 0.129 e. The van der Waals surface area contributed by atoms with Gasteiger partial charge in [0.2, 0.25) is 0 Å². The van der Waals surface area contributed by atoms with E-state index in [9.17, 15) is 0 Å². The summed E-state index contributed by atoms with van der Waals surface area (Å²) in [6, 6.07) is 2.12. The minimum atomic E-state index is 0.695. The first-order chi connectivity index (χ1) is 9.42. The molecule has 0 atom stereocenters. The predicted molar refractivity (Wildman–Crippen MR) is 76.3 cm³/mol. The summed E-state index contributed by atoms with van der Waals surface area (Å²) in [5.74, 6) is 1.73. The minimum absolute atomic E-state index is 0.695. The molecule has 1 saturated heterocycles. The second-order valence-electron chi connectivity index (χ2n) is 5.72. The third-order valence-corrected chi connectivity index (χ3v) is 4.36. The number of piperazine rings is 1. The third-order valence-electron chi connectivity index (χ3n) is 4.36. The van der Waals surface area contributed by atoms with Crippen LogP contribution < -0.4 is 5.32 Å². The summed E-state index contributed by atoms with van der Waals surface area (Å²) >= 11 is 0. The highest BCUT2D eigenvalue weighted by Crippen LogP contribution is 2.32. The molecule has 2 aliphatic rings. The molecule has 2 fully saturated rings. The highest BCUT2D eigenvalue weighted by molar-refractivity contribution is 5.10. The van der Waals surface area contributed by atoms with Crippen LogP contribution in [0.5, 0.6) is 0 Å². The highest BCUT2D eigenvalue weighted by atomic mass is 15.2. The standard InChI is InChI=1S/C15H24N4/c1-2-4-13(3-1)14-5-7-17-15(18-14)6-10-19-11-8-16-9-12-19/h5,7,13,16H,1-4,6,8-12H2. The van der Waals surface area contributed by atoms with Crippen LogP contribution in [0.2, 0.25) is 0 Å². The molecule has 0 unspecified atom stereocenters. The Labute approximate surface area is 115 Å². The molecule has 19 heavy (non-hydrogen) atoms. The number of hydrogen-bond donors (Lipinski definition) is 1. The molecule has 1 aromatic rings. The normalized spacial score (nSPS) is 21.9. The molecule has 0 spiro atoms. The van der Waals surface area contributed by atoms with Crippen molar-refractivity contribution >= 4 is 0 Å². The average Bonchev–Trinajstić information content (AvgIpc) is 3.01. The Hall–Kier alpha value is -1.00. The Kier molecular flexibility index (Phi) is 4.41. The van der Waals surface area contributed by atoms with Crippen LogP contribution >= 0.6 is 0 Å². The van der Waals surface area contributed by atoms with Gasteiger partial charge in [-0.3, -0.25) is 0 Å². The van der Waals surface area contributed by atoms with Crippen LogP contribution in [0.1, 0.15) is 43.1 Å². The molecular weight excluding hydrogens is 236 g/mol. The van der Waals surface area contributed by atoms with E-state index in [1.165, 1.54) is 31.4 Å². The fourth-order valence-corrected chi connectivity index (χ4v) is 3.18. The molecule has 2 heterocycles. The molecule has 0 bridgehead atoms. The second kappa shape index (κ2) is 6.44. The first kappa shape index (κ1) is 13.0. The molecular formula is C15H24N4. The molecule has 3 rings (SSSR count). The van der Waals surface area contributed by atoms with Gasteiger partial charge in [0.05, 0.1) is 0 Å². The van der Waals surface area contributed by atoms with Crippen LogP contribution in [0, 0.1) is 0 Å². The van der Waals surface area contributed by atoms with Crippen LogP contribution in [0.3, 0.4) is 0 Å². The average molecular weight is 260 g/mol. The van der Waals surface area contributed by atoms with E-state index in [0.717, 1.165) is 45.0 Å². The molecule has 4 nitrogen and oxygen atoms in total. The van der Waals surface area contributed by atoms with E-state index >= 15 is 0 Å². The molecule has 104 valence electrons. The monoisotopic (exact) mass is 260 g/mol. The van der Waals surface area contributed by atoms with E-state index in [1.807, 2.05) is 6.20 Å². The smallest absolute Gasteiger partial charge is 0.129 e. The van der Waals surface area contributed by atoms with Gasteiger partial charge in [-0.05, 0) is 18.9 Å². The largest absolute Gasteiger partial charge is 0.314 e. The van der Waals surface area contributed by atoms with Gasteiger partial charge in [-0.25, -0.2) is 9.97 Å². The van der Waals surface area contributed by atoms with Gasteiger partial charge in [0, 0.05) is 57.0 Å². The number of nitrogens with zero attached hydrogens (tertiary/aromatic N) is 3. The Bertz CT molecular complexity index is 395. The van der Waals surface area contributed by atoms with Gasteiger partial charge in [0.15, 0.2) is 0 Å². The van der Waals surface area contributed by atoms with Crippen molar-refractivity contribution in [3.63, 3.8) is 0 Å². The van der Waals surface area contributed by atoms with Crippen molar-refractivity contribution in [3.05, 3.63) is 23.8 Å². The Morgan fingerprint density at radius 1 is 1.21 bits per heavy atom. The van der Waals surface area contributed by atoms with Crippen LogP contribution in [0.15, 0.2) is 12.3 Å². The summed E-state index contributed by atoms with van der Waals surface area (Å²) in [6.07, 6.45) is 8.30. The number of nitrogens with one attached hydrogen (secondary N) is 1. The van der Waals surface area contributed by atoms with Gasteiger partial charge in [-0.15, -0.1) is 0 Å². The maximum atomic E-state index is 4.79. The zero-order chi connectivity index (χ0) is 12.9. The molecule has 1 aromatic heterocycles. The lowest BCUT2D eigenvalue weighted by Gasteiger charge is -2.26. The van der Waals surface area contributed by atoms with E-state index in [2.05, 4.69) is 21.3 Å². The summed E-state index contributed by atoms with van der Waals surface area (Å²) < 4.78 is 0. The highest BCUT2D eigenvalue weighted by Gasteiger charge is 2.18. The maximum absolute atomic E-state index is 4.79. The van der Waals surface area contributed by atoms with Crippen molar-refractivity contribution in [2.24, 2.45) is 0 Å². The lowest BCUT2D eigenvalue weighted by molar-refractivity contribution is 0.242. The van der Waals surface area contributed by atoms with Gasteiger partial charge in [-0.1, -0.05) is 12.8 Å². The first-order valence-electron chi connectivity index (χ1n) is 7.67. The van der Waals surface area contributed by atoms with Gasteiger partial charge in [0.1, 0.15) is 5.82 Å². The van der Waals surface area contributed by atoms with Crippen LogP contribution in [0.25, 0.3) is 0 Å². The fraction of sp³-hybridized carbons (Fsp3) is 0.733. The third kappa shape index (κ3) is 3.51. The van der Waals surface area contributed by atoms with Crippen molar-refractivity contribution in [1.29, 1.82) is 0 Å². The van der Waals surface area contributed by atoms with E-state index in [-0.39, 0.29) is 0 Å². The molecule has 0 radical (unpaired) electrons. The summed E-state index contributed by atoms with van der Waals surface area (Å²) in [4.78, 5) is 11.7. The lowest BCUT2D eigenvalue weighted by atomic mass is 10.0. The molecule has 0 aromatic carbocycles. The predicted octanol–water partition coefficient (Wildman–Crippen LogP) is 1.58. The van der Waals surface area contributed by atoms with Gasteiger partial charge in [-0.2, -0.15) is 0 Å². The van der Waals surface area contributed by atoms with Crippen molar-refractivity contribution in [1.82, 2.24) is 20.2 Å². The zero-order valence-electron chi connectivity index (χ0n) is 11.6. The summed E-state index contributed by atoms with van der Waals surface area (Å²) in [5, 5.41) is 3.39. The van der Waals surface area contributed by atoms with Crippen molar-refractivity contribution in [2.75, 3.05) is 32.7 Å². The zero-order valence-corrected chi connectivity index (χ0v) is 11.6. The lowest BCUT2D eigenvalue weighted by Crippen LogP contribution is -2.44. The minimum Gasteiger partial charge on any atom is -0.314 e. The first-order valence-corrected chi connectivity index (χ1v) is 7.67. The van der Waals surface area contributed by atoms with Gasteiger partial charge >= 0.3 is 0 Å². The Morgan fingerprint density at radius 3 is 2.79 bits per heavy atom. The summed E-state index contributed by atoms with van der Waals surface area (Å²) in [7, 11) is 0. The summed E-state index contributed by atoms with van der Waals surface area (Å²) in [5.41, 5.74) is 1.28. The fourth-order valence-electron chi connectivity index (χ4n) is 3.18. The summed E-state index contributed by atoms with van der Waals surface area (Å²) in [6.45, 7) is 5.63. The van der Waals surface area contributed by atoms with Crippen molar-refractivity contribution in [2.45, 2.75) is 38.0 Å². The molecule has 0 amide bonds. The van der Waals surface area contributed by atoms with Crippen molar-refractivity contribution in [3.8, 4) is 0 Å². The molecule has 1 N–H and O–H groups in total. The van der Waals surface area contributed by atoms with E-state index < -0.39 is 0 Å². The SMILES string of the molecule is c1cc(C2CCCC2)nc(CCN2CCNCC2)n1. The molecule has 1 aliphatic heterocycles. The second-order valence-corrected chi connectivity index (χ2v) is 5.72. The van der Waals surface area contributed by atoms with E-state index in [0.29, 0.717) is 5.92 Å². The van der Waals surface area contributed by atoms with Crippen LogP contribution in [-0.2, 0) is 6.42 Å². The topological polar surface area (TPSA) is 41.1 Å². The van der Waals surface area contributed by atoms with Crippen LogP contribution in [0.4, 0.5) is 0 Å². The van der Waals surface area contributed by atoms with Gasteiger partial charge < -0.3 is 10.2 Å². The van der Waals surface area contributed by atoms with E-state index in [1.54, 1.807) is 0 Å². The quantitative estimate of drug-likeness (QED) is 0.892. The number of rotatable bonds is 4. The molecule has 4 heteroatoms. The van der Waals surface area contributed by atoms with Gasteiger partial charge in [0.25, 0.3) is 0 Å². The Balaban J connectivity index is 1.56. The molecule has 1 saturated carbocycles. The number of hydrogen-bond acceptors (Lipinski definition) is 4. The Morgan fingerprint density at radius 2 is 2.00 bits per heavy atom. The van der Waals surface area contributed by atoms with Crippen LogP contribution in [-0.4, -0.2) is 47.6 Å². The molecule has 1 aliphatic carbocycles. The number of aromatic nitrogens is 2. The van der Waals surface area contributed by atoms with E-state index in [4.69, 9.17) is 4.98 Å².